The van der Waals surface area contributed by atoms with Gasteiger partial charge in [0.2, 0.25) is 5.91 Å². The zero-order chi connectivity index (χ0) is 19.6. The SMILES string of the molecule is CCNC(=NCCC(=O)N(C)C)NC1CCN(Cc2ccccc2)C(C)C1. The lowest BCUT2D eigenvalue weighted by molar-refractivity contribution is -0.128. The van der Waals surface area contributed by atoms with Crippen LogP contribution in [0, 0.1) is 0 Å². The zero-order valence-electron chi connectivity index (χ0n) is 17.2. The van der Waals surface area contributed by atoms with Crippen molar-refractivity contribution in [3.05, 3.63) is 35.9 Å². The standard InChI is InChI=1S/C21H35N5O/c1-5-22-21(23-13-11-20(27)25(3)4)24-19-12-14-26(17(2)15-19)16-18-9-7-6-8-10-18/h6-10,17,19H,5,11-16H2,1-4H3,(H2,22,23,24). The summed E-state index contributed by atoms with van der Waals surface area (Å²) in [6.45, 7) is 7.77. The molecule has 1 aliphatic rings. The van der Waals surface area contributed by atoms with Crippen molar-refractivity contribution >= 4 is 11.9 Å². The summed E-state index contributed by atoms with van der Waals surface area (Å²) in [5, 5.41) is 6.86. The first-order chi connectivity index (χ1) is 13.0. The van der Waals surface area contributed by atoms with Gasteiger partial charge in [0.15, 0.2) is 5.96 Å². The molecule has 2 rings (SSSR count). The van der Waals surface area contributed by atoms with Crippen molar-refractivity contribution in [3.63, 3.8) is 0 Å². The molecule has 0 aromatic heterocycles. The van der Waals surface area contributed by atoms with E-state index in [9.17, 15) is 4.79 Å². The third-order valence-corrected chi connectivity index (χ3v) is 5.02. The topological polar surface area (TPSA) is 60.0 Å². The third-order valence-electron chi connectivity index (χ3n) is 5.02. The van der Waals surface area contributed by atoms with Crippen LogP contribution in [0.4, 0.5) is 0 Å². The average Bonchev–Trinajstić information content (AvgIpc) is 2.64. The maximum Gasteiger partial charge on any atom is 0.223 e. The van der Waals surface area contributed by atoms with Gasteiger partial charge in [-0.05, 0) is 32.3 Å². The molecule has 2 unspecified atom stereocenters. The third kappa shape index (κ3) is 7.21. The summed E-state index contributed by atoms with van der Waals surface area (Å²) >= 11 is 0. The van der Waals surface area contributed by atoms with Crippen LogP contribution in [0.2, 0.25) is 0 Å². The smallest absolute Gasteiger partial charge is 0.223 e. The predicted molar refractivity (Wildman–Crippen MR) is 112 cm³/mol. The van der Waals surface area contributed by atoms with Crippen molar-refractivity contribution in [2.75, 3.05) is 33.7 Å². The van der Waals surface area contributed by atoms with Crippen LogP contribution in [-0.4, -0.2) is 67.5 Å². The van der Waals surface area contributed by atoms with Gasteiger partial charge in [0.1, 0.15) is 0 Å². The number of aliphatic imine (C=N–C) groups is 1. The van der Waals surface area contributed by atoms with E-state index in [4.69, 9.17) is 0 Å². The van der Waals surface area contributed by atoms with E-state index in [1.165, 1.54) is 5.56 Å². The number of carbonyl (C=O) groups excluding carboxylic acids is 1. The number of amides is 1. The average molecular weight is 374 g/mol. The lowest BCUT2D eigenvalue weighted by Crippen LogP contribution is -2.51. The van der Waals surface area contributed by atoms with Crippen LogP contribution in [0.1, 0.15) is 38.7 Å². The largest absolute Gasteiger partial charge is 0.357 e. The molecule has 2 atom stereocenters. The summed E-state index contributed by atoms with van der Waals surface area (Å²) in [6, 6.07) is 11.6. The number of piperidine rings is 1. The highest BCUT2D eigenvalue weighted by molar-refractivity contribution is 5.81. The molecule has 1 aromatic carbocycles. The molecule has 1 amide bonds. The fourth-order valence-corrected chi connectivity index (χ4v) is 3.40. The van der Waals surface area contributed by atoms with Crippen molar-refractivity contribution in [2.24, 2.45) is 4.99 Å². The van der Waals surface area contributed by atoms with Crippen LogP contribution in [0.15, 0.2) is 35.3 Å². The van der Waals surface area contributed by atoms with Gasteiger partial charge in [-0.3, -0.25) is 14.7 Å². The van der Waals surface area contributed by atoms with Crippen molar-refractivity contribution < 1.29 is 4.79 Å². The van der Waals surface area contributed by atoms with Gasteiger partial charge in [-0.25, -0.2) is 0 Å². The van der Waals surface area contributed by atoms with E-state index in [0.717, 1.165) is 38.4 Å². The summed E-state index contributed by atoms with van der Waals surface area (Å²) in [5.74, 6) is 0.926. The monoisotopic (exact) mass is 373 g/mol. The van der Waals surface area contributed by atoms with Gasteiger partial charge < -0.3 is 15.5 Å². The van der Waals surface area contributed by atoms with Gasteiger partial charge in [0.25, 0.3) is 0 Å². The van der Waals surface area contributed by atoms with E-state index < -0.39 is 0 Å². The molecule has 1 fully saturated rings. The number of rotatable bonds is 7. The van der Waals surface area contributed by atoms with Crippen molar-refractivity contribution in [1.29, 1.82) is 0 Å². The Morgan fingerprint density at radius 3 is 2.67 bits per heavy atom. The Kier molecular flexibility index (Phi) is 8.58. The fourth-order valence-electron chi connectivity index (χ4n) is 3.40. The Balaban J connectivity index is 1.84. The fraction of sp³-hybridized carbons (Fsp3) is 0.619. The summed E-state index contributed by atoms with van der Waals surface area (Å²) in [4.78, 5) is 20.4. The molecule has 6 heteroatoms. The zero-order valence-corrected chi connectivity index (χ0v) is 17.2. The molecule has 0 radical (unpaired) electrons. The molecule has 1 aromatic rings. The first-order valence-electron chi connectivity index (χ1n) is 10.0. The molecule has 150 valence electrons. The predicted octanol–water partition coefficient (Wildman–Crippen LogP) is 2.07. The van der Waals surface area contributed by atoms with E-state index in [1.807, 2.05) is 0 Å². The van der Waals surface area contributed by atoms with Crippen LogP contribution in [0.25, 0.3) is 0 Å². The molecule has 0 aliphatic carbocycles. The summed E-state index contributed by atoms with van der Waals surface area (Å²) < 4.78 is 0. The van der Waals surface area contributed by atoms with Crippen LogP contribution in [0.3, 0.4) is 0 Å². The molecule has 1 saturated heterocycles. The molecule has 0 spiro atoms. The molecular weight excluding hydrogens is 338 g/mol. The van der Waals surface area contributed by atoms with Gasteiger partial charge in [-0.15, -0.1) is 0 Å². The Morgan fingerprint density at radius 2 is 2.04 bits per heavy atom. The van der Waals surface area contributed by atoms with Crippen LogP contribution < -0.4 is 10.6 Å². The number of nitrogens with zero attached hydrogens (tertiary/aromatic N) is 3. The van der Waals surface area contributed by atoms with Gasteiger partial charge in [-0.2, -0.15) is 0 Å². The molecule has 1 aliphatic heterocycles. The van der Waals surface area contributed by atoms with E-state index in [-0.39, 0.29) is 5.91 Å². The second-order valence-corrected chi connectivity index (χ2v) is 7.47. The lowest BCUT2D eigenvalue weighted by Gasteiger charge is -2.38. The first-order valence-corrected chi connectivity index (χ1v) is 10.0. The van der Waals surface area contributed by atoms with Crippen molar-refractivity contribution in [2.45, 2.75) is 51.7 Å². The first kappa shape index (κ1) is 21.2. The van der Waals surface area contributed by atoms with E-state index >= 15 is 0 Å². The Hall–Kier alpha value is -2.08. The number of hydrogen-bond donors (Lipinski definition) is 2. The van der Waals surface area contributed by atoms with Crippen LogP contribution in [0.5, 0.6) is 0 Å². The lowest BCUT2D eigenvalue weighted by atomic mass is 9.97. The Bertz CT molecular complexity index is 602. The quantitative estimate of drug-likeness (QED) is 0.567. The van der Waals surface area contributed by atoms with E-state index in [2.05, 4.69) is 64.7 Å². The molecule has 0 bridgehead atoms. The molecule has 1 heterocycles. The number of hydrogen-bond acceptors (Lipinski definition) is 3. The second-order valence-electron chi connectivity index (χ2n) is 7.47. The number of carbonyl (C=O) groups is 1. The summed E-state index contributed by atoms with van der Waals surface area (Å²) in [5.41, 5.74) is 1.37. The molecule has 0 saturated carbocycles. The number of likely N-dealkylation sites (tertiary alicyclic amines) is 1. The van der Waals surface area contributed by atoms with Crippen molar-refractivity contribution in [1.82, 2.24) is 20.4 Å². The molecule has 2 N–H and O–H groups in total. The van der Waals surface area contributed by atoms with Crippen molar-refractivity contribution in [3.8, 4) is 0 Å². The summed E-state index contributed by atoms with van der Waals surface area (Å²) in [7, 11) is 3.56. The van der Waals surface area contributed by atoms with Crippen LogP contribution in [-0.2, 0) is 11.3 Å². The normalized spacial score (nSPS) is 21.0. The minimum absolute atomic E-state index is 0.109. The van der Waals surface area contributed by atoms with E-state index in [0.29, 0.717) is 25.0 Å². The summed E-state index contributed by atoms with van der Waals surface area (Å²) in [6.07, 6.45) is 2.63. The van der Waals surface area contributed by atoms with Gasteiger partial charge in [-0.1, -0.05) is 30.3 Å². The van der Waals surface area contributed by atoms with Gasteiger partial charge in [0.05, 0.1) is 6.54 Å². The maximum absolute atomic E-state index is 11.7. The highest BCUT2D eigenvalue weighted by atomic mass is 16.2. The van der Waals surface area contributed by atoms with Crippen LogP contribution >= 0.6 is 0 Å². The second kappa shape index (κ2) is 10.9. The van der Waals surface area contributed by atoms with Gasteiger partial charge in [0, 0.05) is 52.2 Å². The molecular formula is C21H35N5O. The number of guanidine groups is 1. The molecule has 6 nitrogen and oxygen atoms in total. The molecule has 27 heavy (non-hydrogen) atoms. The minimum atomic E-state index is 0.109. The Morgan fingerprint density at radius 1 is 1.30 bits per heavy atom. The Labute approximate surface area is 164 Å². The van der Waals surface area contributed by atoms with Gasteiger partial charge >= 0.3 is 0 Å². The number of nitrogens with one attached hydrogen (secondary N) is 2. The highest BCUT2D eigenvalue weighted by Crippen LogP contribution is 2.19. The van der Waals surface area contributed by atoms with E-state index in [1.54, 1.807) is 19.0 Å². The minimum Gasteiger partial charge on any atom is -0.357 e. The maximum atomic E-state index is 11.7. The number of benzene rings is 1. The highest BCUT2D eigenvalue weighted by Gasteiger charge is 2.25.